The van der Waals surface area contributed by atoms with E-state index >= 15 is 0 Å². The highest BCUT2D eigenvalue weighted by atomic mass is 32.2. The van der Waals surface area contributed by atoms with Crippen molar-refractivity contribution in [2.24, 2.45) is 0 Å². The van der Waals surface area contributed by atoms with E-state index in [4.69, 9.17) is 0 Å². The number of fused-ring (bicyclic) bond motifs is 1. The Balaban J connectivity index is 2.67. The maximum atomic E-state index is 11.4. The molecule has 0 unspecified atom stereocenters. The van der Waals surface area contributed by atoms with Crippen molar-refractivity contribution in [2.45, 2.75) is 4.90 Å². The second-order valence-corrected chi connectivity index (χ2v) is 4.70. The summed E-state index contributed by atoms with van der Waals surface area (Å²) < 4.78 is 22.8. The monoisotopic (exact) mass is 184 g/mol. The van der Waals surface area contributed by atoms with Crippen LogP contribution in [0.15, 0.2) is 23.4 Å². The zero-order valence-corrected chi connectivity index (χ0v) is 7.13. The first-order valence-electron chi connectivity index (χ1n) is 3.61. The highest BCUT2D eigenvalue weighted by Crippen LogP contribution is 2.23. The number of rotatable bonds is 0. The lowest BCUT2D eigenvalue weighted by Crippen LogP contribution is -2.23. The lowest BCUT2D eigenvalue weighted by molar-refractivity contribution is 0.594. The Morgan fingerprint density at radius 3 is 3.08 bits per heavy atom. The summed E-state index contributed by atoms with van der Waals surface area (Å²) in [6.45, 7) is 0.473. The van der Waals surface area contributed by atoms with Gasteiger partial charge in [-0.1, -0.05) is 0 Å². The summed E-state index contributed by atoms with van der Waals surface area (Å²) >= 11 is 0. The largest absolute Gasteiger partial charge is 0.382 e. The molecule has 0 spiro atoms. The van der Waals surface area contributed by atoms with Crippen LogP contribution in [0.5, 0.6) is 0 Å². The third-order valence-electron chi connectivity index (χ3n) is 1.80. The number of hydrogen-bond donors (Lipinski definition) is 1. The molecule has 12 heavy (non-hydrogen) atoms. The summed E-state index contributed by atoms with van der Waals surface area (Å²) in [6, 6.07) is 1.52. The smallest absolute Gasteiger partial charge is 0.182 e. The molecule has 0 saturated heterocycles. The zero-order valence-electron chi connectivity index (χ0n) is 6.32. The van der Waals surface area contributed by atoms with Crippen molar-refractivity contribution in [3.05, 3.63) is 18.5 Å². The summed E-state index contributed by atoms with van der Waals surface area (Å²) in [6.07, 6.45) is 3.02. The molecule has 5 heteroatoms. The Morgan fingerprint density at radius 2 is 2.33 bits per heavy atom. The molecule has 0 radical (unpaired) electrons. The van der Waals surface area contributed by atoms with E-state index in [1.807, 2.05) is 0 Å². The van der Waals surface area contributed by atoms with E-state index < -0.39 is 9.84 Å². The third kappa shape index (κ3) is 1.06. The Morgan fingerprint density at radius 1 is 1.50 bits per heavy atom. The Kier molecular flexibility index (Phi) is 1.54. The lowest BCUT2D eigenvalue weighted by Gasteiger charge is -2.16. The SMILES string of the molecule is O=S1(=O)CCNc2cnccc21. The van der Waals surface area contributed by atoms with Crippen LogP contribution in [0.1, 0.15) is 0 Å². The quantitative estimate of drug-likeness (QED) is 0.629. The number of aromatic nitrogens is 1. The third-order valence-corrected chi connectivity index (χ3v) is 3.57. The fourth-order valence-electron chi connectivity index (χ4n) is 1.22. The van der Waals surface area contributed by atoms with Crippen LogP contribution in [0.3, 0.4) is 0 Å². The molecule has 0 aliphatic carbocycles. The molecule has 0 aromatic carbocycles. The van der Waals surface area contributed by atoms with Crippen LogP contribution in [0.4, 0.5) is 5.69 Å². The first kappa shape index (κ1) is 7.54. The van der Waals surface area contributed by atoms with Crippen LogP contribution < -0.4 is 5.32 Å². The molecule has 4 nitrogen and oxygen atoms in total. The molecule has 1 aliphatic heterocycles. The summed E-state index contributed by atoms with van der Waals surface area (Å²) in [5, 5.41) is 2.98. The van der Waals surface area contributed by atoms with Crippen LogP contribution in [-0.4, -0.2) is 25.7 Å². The van der Waals surface area contributed by atoms with Crippen LogP contribution in [0.2, 0.25) is 0 Å². The van der Waals surface area contributed by atoms with Gasteiger partial charge in [0.1, 0.15) is 0 Å². The van der Waals surface area contributed by atoms with Crippen LogP contribution >= 0.6 is 0 Å². The molecule has 2 heterocycles. The van der Waals surface area contributed by atoms with Gasteiger partial charge < -0.3 is 5.32 Å². The van der Waals surface area contributed by atoms with Gasteiger partial charge in [0.15, 0.2) is 9.84 Å². The summed E-state index contributed by atoms with van der Waals surface area (Å²) in [5.41, 5.74) is 0.615. The van der Waals surface area contributed by atoms with E-state index in [0.717, 1.165) is 0 Å². The number of hydrogen-bond acceptors (Lipinski definition) is 4. The molecule has 1 N–H and O–H groups in total. The molecule has 0 atom stereocenters. The van der Waals surface area contributed by atoms with Gasteiger partial charge in [-0.05, 0) is 6.07 Å². The molecule has 0 saturated carbocycles. The molecule has 1 aliphatic rings. The fourth-order valence-corrected chi connectivity index (χ4v) is 2.53. The molecular weight excluding hydrogens is 176 g/mol. The first-order chi connectivity index (χ1) is 5.70. The van der Waals surface area contributed by atoms with E-state index in [1.54, 1.807) is 0 Å². The molecule has 1 aromatic heterocycles. The number of sulfone groups is 1. The van der Waals surface area contributed by atoms with Gasteiger partial charge in [0, 0.05) is 12.7 Å². The molecule has 2 rings (SSSR count). The van der Waals surface area contributed by atoms with Crippen molar-refractivity contribution in [1.82, 2.24) is 4.98 Å². The zero-order chi connectivity index (χ0) is 8.60. The van der Waals surface area contributed by atoms with E-state index in [0.29, 0.717) is 17.1 Å². The normalized spacial score (nSPS) is 19.3. The minimum atomic E-state index is -3.04. The first-order valence-corrected chi connectivity index (χ1v) is 5.26. The second-order valence-electron chi connectivity index (χ2n) is 2.62. The van der Waals surface area contributed by atoms with Crippen molar-refractivity contribution < 1.29 is 8.42 Å². The summed E-state index contributed by atoms with van der Waals surface area (Å²) in [5.74, 6) is 0.171. The topological polar surface area (TPSA) is 59.1 Å². The predicted octanol–water partition coefficient (Wildman–Crippen LogP) is 0.281. The maximum absolute atomic E-state index is 11.4. The Hall–Kier alpha value is -1.10. The van der Waals surface area contributed by atoms with Gasteiger partial charge >= 0.3 is 0 Å². The van der Waals surface area contributed by atoms with Gasteiger partial charge in [-0.2, -0.15) is 0 Å². The number of nitrogens with zero attached hydrogens (tertiary/aromatic N) is 1. The molecule has 1 aromatic rings. The molecular formula is C7H8N2O2S. The van der Waals surface area contributed by atoms with Crippen molar-refractivity contribution >= 4 is 15.5 Å². The van der Waals surface area contributed by atoms with Crippen LogP contribution in [0, 0.1) is 0 Å². The van der Waals surface area contributed by atoms with Gasteiger partial charge in [0.2, 0.25) is 0 Å². The van der Waals surface area contributed by atoms with Gasteiger partial charge in [-0.15, -0.1) is 0 Å². The predicted molar refractivity (Wildman–Crippen MR) is 44.8 cm³/mol. The summed E-state index contributed by atoms with van der Waals surface area (Å²) in [7, 11) is -3.04. The Bertz CT molecular complexity index is 400. The van der Waals surface area contributed by atoms with Crippen molar-refractivity contribution in [3.8, 4) is 0 Å². The second kappa shape index (κ2) is 2.45. The molecule has 0 bridgehead atoms. The minimum absolute atomic E-state index is 0.171. The number of nitrogens with one attached hydrogen (secondary N) is 1. The van der Waals surface area contributed by atoms with Gasteiger partial charge in [0.05, 0.1) is 22.5 Å². The van der Waals surface area contributed by atoms with E-state index in [2.05, 4.69) is 10.3 Å². The summed E-state index contributed by atoms with van der Waals surface area (Å²) in [4.78, 5) is 4.20. The van der Waals surface area contributed by atoms with Crippen molar-refractivity contribution in [2.75, 3.05) is 17.6 Å². The molecule has 0 fully saturated rings. The maximum Gasteiger partial charge on any atom is 0.182 e. The number of pyridine rings is 1. The fraction of sp³-hybridized carbons (Fsp3) is 0.286. The standard InChI is InChI=1S/C7H8N2O2S/c10-12(11)4-3-9-6-5-8-2-1-7(6)12/h1-2,5,9H,3-4H2. The van der Waals surface area contributed by atoms with E-state index in [1.165, 1.54) is 18.5 Å². The minimum Gasteiger partial charge on any atom is -0.382 e. The number of anilines is 1. The van der Waals surface area contributed by atoms with E-state index in [9.17, 15) is 8.42 Å². The van der Waals surface area contributed by atoms with Gasteiger partial charge in [-0.3, -0.25) is 4.98 Å². The van der Waals surface area contributed by atoms with Crippen LogP contribution in [-0.2, 0) is 9.84 Å². The Labute approximate surface area is 70.6 Å². The van der Waals surface area contributed by atoms with Crippen molar-refractivity contribution in [3.63, 3.8) is 0 Å². The van der Waals surface area contributed by atoms with Gasteiger partial charge in [0.25, 0.3) is 0 Å². The van der Waals surface area contributed by atoms with Crippen LogP contribution in [0.25, 0.3) is 0 Å². The van der Waals surface area contributed by atoms with Crippen molar-refractivity contribution in [1.29, 1.82) is 0 Å². The van der Waals surface area contributed by atoms with Gasteiger partial charge in [-0.25, -0.2) is 8.42 Å². The highest BCUT2D eigenvalue weighted by Gasteiger charge is 2.22. The average Bonchev–Trinajstić information content (AvgIpc) is 2.04. The molecule has 0 amide bonds. The molecule has 64 valence electrons. The van der Waals surface area contributed by atoms with E-state index in [-0.39, 0.29) is 5.75 Å². The highest BCUT2D eigenvalue weighted by molar-refractivity contribution is 7.91. The lowest BCUT2D eigenvalue weighted by atomic mass is 10.4. The average molecular weight is 184 g/mol.